The van der Waals surface area contributed by atoms with E-state index in [4.69, 9.17) is 63.4 Å². The average Bonchev–Trinajstić information content (AvgIpc) is 3.89. The summed E-state index contributed by atoms with van der Waals surface area (Å²) in [6.45, 7) is 7.14. The van der Waals surface area contributed by atoms with Crippen LogP contribution in [0.15, 0.2) is 156 Å². The molecule has 0 spiro atoms. The largest absolute Gasteiger partial charge is 0.470 e. The van der Waals surface area contributed by atoms with Crippen molar-refractivity contribution in [3.05, 3.63) is 206 Å². The van der Waals surface area contributed by atoms with Crippen LogP contribution in [-0.2, 0) is 44.3 Å². The number of aryl methyl sites for hydroxylation is 1. The molecule has 0 saturated carbocycles. The second kappa shape index (κ2) is 25.1. The maximum absolute atomic E-state index is 15.1. The van der Waals surface area contributed by atoms with Gasteiger partial charge in [-0.2, -0.15) is 24.6 Å². The summed E-state index contributed by atoms with van der Waals surface area (Å²) >= 11 is 18.2. The number of aliphatic hydroxyl groups is 1. The molecule has 2 aliphatic rings. The number of oxime groups is 2. The molecule has 0 radical (unpaired) electrons. The number of ether oxygens (including phenoxy) is 4. The van der Waals surface area contributed by atoms with Crippen LogP contribution in [0.5, 0.6) is 23.3 Å². The zero-order valence-corrected chi connectivity index (χ0v) is 44.5. The Balaban J connectivity index is 0.000000158. The Bertz CT molecular complexity index is 3440. The first-order valence-corrected chi connectivity index (χ1v) is 25.0. The van der Waals surface area contributed by atoms with Crippen molar-refractivity contribution < 1.29 is 46.9 Å². The predicted molar refractivity (Wildman–Crippen MR) is 283 cm³/mol. The molecule has 0 bridgehead atoms. The van der Waals surface area contributed by atoms with E-state index in [1.54, 1.807) is 83.8 Å². The van der Waals surface area contributed by atoms with Gasteiger partial charge in [0.2, 0.25) is 5.82 Å². The number of rotatable bonds is 16. The first kappa shape index (κ1) is 56.4. The smallest absolute Gasteiger partial charge is 0.343 e. The molecule has 0 aliphatic carbocycles. The summed E-state index contributed by atoms with van der Waals surface area (Å²) in [7, 11) is 1.37. The molecule has 18 nitrogen and oxygen atoms in total. The van der Waals surface area contributed by atoms with E-state index in [2.05, 4.69) is 40.4 Å². The molecule has 406 valence electrons. The van der Waals surface area contributed by atoms with Crippen LogP contribution in [-0.4, -0.2) is 82.1 Å². The second-order valence-corrected chi connectivity index (χ2v) is 19.7. The Hall–Kier alpha value is -7.82. The van der Waals surface area contributed by atoms with Gasteiger partial charge in [0.15, 0.2) is 12.3 Å². The van der Waals surface area contributed by atoms with E-state index in [1.807, 2.05) is 45.0 Å². The highest BCUT2D eigenvalue weighted by Crippen LogP contribution is 2.59. The van der Waals surface area contributed by atoms with Crippen molar-refractivity contribution in [2.75, 3.05) is 20.3 Å². The number of H-pyrrole nitrogens is 1. The van der Waals surface area contributed by atoms with Crippen molar-refractivity contribution in [2.24, 2.45) is 15.7 Å². The number of epoxide rings is 1. The van der Waals surface area contributed by atoms with E-state index < -0.39 is 40.4 Å². The van der Waals surface area contributed by atoms with Crippen molar-refractivity contribution in [3.63, 3.8) is 0 Å². The zero-order valence-electron chi connectivity index (χ0n) is 42.2. The van der Waals surface area contributed by atoms with E-state index in [-0.39, 0.29) is 59.0 Å². The van der Waals surface area contributed by atoms with Crippen LogP contribution in [0.25, 0.3) is 0 Å². The van der Waals surface area contributed by atoms with Gasteiger partial charge >= 0.3 is 5.69 Å². The molecule has 5 heterocycles. The van der Waals surface area contributed by atoms with E-state index in [9.17, 15) is 18.7 Å². The van der Waals surface area contributed by atoms with Gasteiger partial charge in [-0.05, 0) is 77.5 Å². The third-order valence-electron chi connectivity index (χ3n) is 12.4. The monoisotopic (exact) mass is 1130 g/mol. The highest BCUT2D eigenvalue weighted by Gasteiger charge is 2.61. The standard InChI is InChI=1S/C21H16ClFN4O5.C17H12ClF2N3O2.C16H22ClN3O/c1-28-26-18(21-27-30-11-10-29-21)13-6-2-4-8-15(13)31-19-17(23)20(25-12-24-19)32-16-9-5-3-7-14(16)22;18-13-4-2-1-3-11(13)15-17(25-15,8-23-16(24)21-9-22-23)12-6-5-10(19)7-14(12)20;1-15(2,3)16(21,10-20-12-18-11-19-20)9-8-13-4-6-14(17)7-5-13/h2-9,12H,10-11H2,1H3;1-7,9,15H,8H2,(H,21,22,24);4-7,11-12,21H,8-10H2,1-3H3/b26-18+;;/t;15-,17-;/m.0./s1. The van der Waals surface area contributed by atoms with Crippen LogP contribution >= 0.6 is 34.8 Å². The number of nitrogens with zero attached hydrogens (tertiary/aromatic N) is 9. The molecule has 3 atom stereocenters. The Labute approximate surface area is 460 Å². The normalized spacial score (nSPS) is 16.6. The Morgan fingerprint density at radius 3 is 2.18 bits per heavy atom. The molecule has 24 heteroatoms. The molecular weight excluding hydrogens is 1080 g/mol. The number of hydrogen-bond acceptors (Lipinski definition) is 15. The molecule has 3 aromatic heterocycles. The molecular formula is C54H50Cl3F3N10O8. The lowest BCUT2D eigenvalue weighted by Gasteiger charge is -2.40. The summed E-state index contributed by atoms with van der Waals surface area (Å²) in [5, 5.41) is 28.4. The first-order valence-electron chi connectivity index (χ1n) is 23.9. The second-order valence-electron chi connectivity index (χ2n) is 18.4. The third-order valence-corrected chi connectivity index (χ3v) is 13.3. The minimum atomic E-state index is -1.19. The number of aromatic nitrogens is 8. The lowest BCUT2D eigenvalue weighted by atomic mass is 9.73. The number of para-hydroxylation sites is 2. The summed E-state index contributed by atoms with van der Waals surface area (Å²) < 4.78 is 68.2. The Morgan fingerprint density at radius 2 is 1.55 bits per heavy atom. The average molecular weight is 1130 g/mol. The van der Waals surface area contributed by atoms with Crippen molar-refractivity contribution in [2.45, 2.75) is 64.0 Å². The van der Waals surface area contributed by atoms with Crippen molar-refractivity contribution in [1.82, 2.24) is 39.5 Å². The van der Waals surface area contributed by atoms with Gasteiger partial charge in [0.25, 0.3) is 17.7 Å². The number of benzene rings is 5. The highest BCUT2D eigenvalue weighted by molar-refractivity contribution is 6.45. The fraction of sp³-hybridized carbons (Fsp3) is 0.259. The maximum atomic E-state index is 15.1. The van der Waals surface area contributed by atoms with Crippen LogP contribution in [0.4, 0.5) is 13.2 Å². The quantitative estimate of drug-likeness (QED) is 0.0524. The molecule has 1 fully saturated rings. The SMILES string of the molecule is CC(C)(C)C(O)(CCc1ccc(Cl)cc1)Cn1cncn1.CO/N=C(/C1=NOCCO1)c1ccccc1Oc1ncnc(Oc2ccccc2Cl)c1F.O=c1[nH]cnn1C[C@@]1(c2ccc(F)cc2F)O[C@H]1c1ccccc1Cl. The molecule has 8 aromatic rings. The summed E-state index contributed by atoms with van der Waals surface area (Å²) in [4.78, 5) is 35.9. The number of halogens is 6. The van der Waals surface area contributed by atoms with Gasteiger partial charge in [-0.25, -0.2) is 23.2 Å². The summed E-state index contributed by atoms with van der Waals surface area (Å²) in [5.74, 6) is -2.53. The van der Waals surface area contributed by atoms with E-state index >= 15 is 4.39 Å². The predicted octanol–water partition coefficient (Wildman–Crippen LogP) is 11.1. The van der Waals surface area contributed by atoms with Gasteiger partial charge in [0.05, 0.1) is 29.3 Å². The van der Waals surface area contributed by atoms with Crippen LogP contribution < -0.4 is 15.2 Å². The fourth-order valence-corrected chi connectivity index (χ4v) is 8.53. The topological polar surface area (TPSA) is 211 Å². The fourth-order valence-electron chi connectivity index (χ4n) is 7.99. The molecule has 10 rings (SSSR count). The zero-order chi connectivity index (χ0) is 55.5. The number of nitrogens with one attached hydrogen (secondary N) is 1. The van der Waals surface area contributed by atoms with E-state index in [0.717, 1.165) is 34.6 Å². The van der Waals surface area contributed by atoms with Crippen LogP contribution in [0.2, 0.25) is 15.1 Å². The van der Waals surface area contributed by atoms with Crippen LogP contribution in [0, 0.1) is 22.9 Å². The lowest BCUT2D eigenvalue weighted by molar-refractivity contribution is -0.0796. The minimum absolute atomic E-state index is 0.0340. The van der Waals surface area contributed by atoms with Crippen LogP contribution in [0.3, 0.4) is 0 Å². The number of aromatic amines is 1. The molecule has 78 heavy (non-hydrogen) atoms. The third kappa shape index (κ3) is 13.6. The van der Waals surface area contributed by atoms with Gasteiger partial charge < -0.3 is 33.7 Å². The highest BCUT2D eigenvalue weighted by atomic mass is 35.5. The molecule has 5 aromatic carbocycles. The van der Waals surface area contributed by atoms with Crippen LogP contribution in [0.1, 0.15) is 55.5 Å². The summed E-state index contributed by atoms with van der Waals surface area (Å²) in [5.41, 5.74) is -0.177. The molecule has 2 aliphatic heterocycles. The Morgan fingerprint density at radius 1 is 0.859 bits per heavy atom. The van der Waals surface area contributed by atoms with Crippen molar-refractivity contribution in [3.8, 4) is 23.3 Å². The molecule has 1 unspecified atom stereocenters. The molecule has 1 saturated heterocycles. The lowest BCUT2D eigenvalue weighted by Crippen LogP contribution is -2.47. The summed E-state index contributed by atoms with van der Waals surface area (Å²) in [6.07, 6.45) is 6.34. The van der Waals surface area contributed by atoms with Gasteiger partial charge in [-0.3, -0.25) is 9.67 Å². The maximum Gasteiger partial charge on any atom is 0.343 e. The molecule has 2 N–H and O–H groups in total. The van der Waals surface area contributed by atoms with Crippen molar-refractivity contribution >= 4 is 46.4 Å². The van der Waals surface area contributed by atoms with Crippen molar-refractivity contribution in [1.29, 1.82) is 0 Å². The van der Waals surface area contributed by atoms with Gasteiger partial charge in [0, 0.05) is 27.2 Å². The van der Waals surface area contributed by atoms with Gasteiger partial charge in [-0.1, -0.05) is 121 Å². The van der Waals surface area contributed by atoms with Gasteiger partial charge in [-0.15, -0.1) is 0 Å². The minimum Gasteiger partial charge on any atom is -0.470 e. The van der Waals surface area contributed by atoms with Gasteiger partial charge in [0.1, 0.15) is 73.9 Å². The Kier molecular flexibility index (Phi) is 18.1. The van der Waals surface area contributed by atoms with E-state index in [1.165, 1.54) is 31.4 Å². The molecule has 0 amide bonds. The first-order chi connectivity index (χ1) is 37.5. The summed E-state index contributed by atoms with van der Waals surface area (Å²) in [6, 6.07) is 31.4. The van der Waals surface area contributed by atoms with E-state index in [0.29, 0.717) is 40.7 Å². The number of hydrogen-bond donors (Lipinski definition) is 2.